The van der Waals surface area contributed by atoms with Gasteiger partial charge in [-0.15, -0.1) is 0 Å². The molecule has 2 aliphatic rings. The molecular formula is C31H33FN6O3. The number of carbonyl (C=O) groups excluding carboxylic acids is 1. The Hall–Kier alpha value is -4.18. The first-order chi connectivity index (χ1) is 19.9. The van der Waals surface area contributed by atoms with Gasteiger partial charge in [-0.25, -0.2) is 14.3 Å². The normalized spacial score (nSPS) is 19.0. The maximum Gasteiger partial charge on any atom is 0.259 e. The smallest absolute Gasteiger partial charge is 0.259 e. The SMILES string of the molecule is CCCc1c(Cc2ccc(-c3ccccc3)c(C3=NNC(=O)C3)c2F)c(=O)n(C2CCC(O)CC2)c2nc(C)nn12. The van der Waals surface area contributed by atoms with Gasteiger partial charge < -0.3 is 5.11 Å². The summed E-state index contributed by atoms with van der Waals surface area (Å²) in [5.41, 5.74) is 5.84. The second kappa shape index (κ2) is 11.0. The summed E-state index contributed by atoms with van der Waals surface area (Å²) in [4.78, 5) is 30.9. The van der Waals surface area contributed by atoms with Gasteiger partial charge in [-0.2, -0.15) is 15.2 Å². The van der Waals surface area contributed by atoms with Crippen LogP contribution >= 0.6 is 0 Å². The fraction of sp³-hybridized carbons (Fsp3) is 0.387. The van der Waals surface area contributed by atoms with Crippen LogP contribution in [0.1, 0.15) is 79.7 Å². The highest BCUT2D eigenvalue weighted by atomic mass is 19.1. The molecule has 1 aliphatic carbocycles. The third-order valence-electron chi connectivity index (χ3n) is 8.12. The van der Waals surface area contributed by atoms with Crippen LogP contribution in [0.25, 0.3) is 16.9 Å². The van der Waals surface area contributed by atoms with Crippen LogP contribution in [0.3, 0.4) is 0 Å². The molecule has 3 heterocycles. The molecule has 0 radical (unpaired) electrons. The van der Waals surface area contributed by atoms with Crippen molar-refractivity contribution >= 4 is 17.4 Å². The zero-order valence-electron chi connectivity index (χ0n) is 23.2. The average molecular weight is 557 g/mol. The molecule has 2 N–H and O–H groups in total. The first kappa shape index (κ1) is 27.0. The number of amides is 1. The van der Waals surface area contributed by atoms with Crippen molar-refractivity contribution in [1.82, 2.24) is 24.6 Å². The number of benzene rings is 2. The van der Waals surface area contributed by atoms with E-state index in [0.717, 1.165) is 17.7 Å². The molecule has 0 bridgehead atoms. The fourth-order valence-electron chi connectivity index (χ4n) is 6.14. The molecule has 4 aromatic rings. The summed E-state index contributed by atoms with van der Waals surface area (Å²) >= 11 is 0. The third-order valence-corrected chi connectivity index (χ3v) is 8.12. The van der Waals surface area contributed by atoms with E-state index in [4.69, 9.17) is 0 Å². The van der Waals surface area contributed by atoms with E-state index in [0.29, 0.717) is 66.1 Å². The standard InChI is InChI=1S/C31H33FN6O3/c1-3-7-26-24(30(41)37(21-11-13-22(39)14-12-21)31-33-18(2)36-38(26)31)16-20-10-15-23(19-8-5-4-6-9-19)28(29(20)32)25-17-27(40)35-34-25/h4-6,8-10,15,21-22,39H,3,7,11-14,16-17H2,1-2H3,(H,35,40). The van der Waals surface area contributed by atoms with E-state index in [1.165, 1.54) is 0 Å². The van der Waals surface area contributed by atoms with Crippen molar-refractivity contribution in [3.05, 3.63) is 86.8 Å². The Bertz CT molecular complexity index is 1720. The van der Waals surface area contributed by atoms with Crippen molar-refractivity contribution < 1.29 is 14.3 Å². The van der Waals surface area contributed by atoms with Gasteiger partial charge in [0.05, 0.1) is 23.9 Å². The molecular weight excluding hydrogens is 523 g/mol. The number of aryl methyl sites for hydroxylation is 2. The molecule has 1 fully saturated rings. The number of hydrazone groups is 1. The number of rotatable bonds is 7. The molecule has 41 heavy (non-hydrogen) atoms. The van der Waals surface area contributed by atoms with Gasteiger partial charge in [0.2, 0.25) is 11.7 Å². The van der Waals surface area contributed by atoms with Crippen molar-refractivity contribution in [2.24, 2.45) is 5.10 Å². The molecule has 1 amide bonds. The molecule has 1 aliphatic heterocycles. The number of fused-ring (bicyclic) bond motifs is 1. The summed E-state index contributed by atoms with van der Waals surface area (Å²) in [5, 5.41) is 18.9. The first-order valence-electron chi connectivity index (χ1n) is 14.3. The van der Waals surface area contributed by atoms with Gasteiger partial charge >= 0.3 is 0 Å². The van der Waals surface area contributed by atoms with Crippen LogP contribution in [0.15, 0.2) is 52.4 Å². The van der Waals surface area contributed by atoms with Crippen LogP contribution in [-0.4, -0.2) is 42.0 Å². The lowest BCUT2D eigenvalue weighted by atomic mass is 9.90. The van der Waals surface area contributed by atoms with Crippen molar-refractivity contribution in [1.29, 1.82) is 0 Å². The molecule has 2 aromatic carbocycles. The summed E-state index contributed by atoms with van der Waals surface area (Å²) in [6.45, 7) is 3.83. The zero-order chi connectivity index (χ0) is 28.7. The predicted octanol–water partition coefficient (Wildman–Crippen LogP) is 4.25. The van der Waals surface area contributed by atoms with Crippen LogP contribution in [-0.2, 0) is 17.6 Å². The van der Waals surface area contributed by atoms with E-state index in [1.54, 1.807) is 22.1 Å². The minimum absolute atomic E-state index is 0.0220. The highest BCUT2D eigenvalue weighted by Gasteiger charge is 2.29. The number of nitrogens with zero attached hydrogens (tertiary/aromatic N) is 5. The third kappa shape index (κ3) is 4.97. The molecule has 212 valence electrons. The lowest BCUT2D eigenvalue weighted by Gasteiger charge is -2.28. The lowest BCUT2D eigenvalue weighted by molar-refractivity contribution is -0.119. The minimum atomic E-state index is -0.495. The summed E-state index contributed by atoms with van der Waals surface area (Å²) in [7, 11) is 0. The minimum Gasteiger partial charge on any atom is -0.393 e. The highest BCUT2D eigenvalue weighted by Crippen LogP contribution is 2.32. The number of aliphatic hydroxyl groups excluding tert-OH is 1. The second-order valence-electron chi connectivity index (χ2n) is 11.0. The fourth-order valence-corrected chi connectivity index (χ4v) is 6.14. The largest absolute Gasteiger partial charge is 0.393 e. The molecule has 0 spiro atoms. The predicted molar refractivity (Wildman–Crippen MR) is 153 cm³/mol. The van der Waals surface area contributed by atoms with Crippen molar-refractivity contribution in [3.8, 4) is 11.1 Å². The molecule has 9 nitrogen and oxygen atoms in total. The molecule has 0 unspecified atom stereocenters. The van der Waals surface area contributed by atoms with E-state index in [9.17, 15) is 14.7 Å². The van der Waals surface area contributed by atoms with Gasteiger partial charge in [0.15, 0.2) is 0 Å². The van der Waals surface area contributed by atoms with Gasteiger partial charge in [0.1, 0.15) is 11.6 Å². The average Bonchev–Trinajstić information content (AvgIpc) is 3.57. The number of carbonyl (C=O) groups is 1. The second-order valence-corrected chi connectivity index (χ2v) is 11.0. The number of hydrogen-bond donors (Lipinski definition) is 2. The summed E-state index contributed by atoms with van der Waals surface area (Å²) in [5.74, 6) is 0.263. The van der Waals surface area contributed by atoms with Gasteiger partial charge in [-0.05, 0) is 55.7 Å². The van der Waals surface area contributed by atoms with E-state index in [-0.39, 0.29) is 42.0 Å². The van der Waals surface area contributed by atoms with Gasteiger partial charge in [0.25, 0.3) is 5.56 Å². The lowest BCUT2D eigenvalue weighted by Crippen LogP contribution is -2.34. The summed E-state index contributed by atoms with van der Waals surface area (Å²) < 4.78 is 20.0. The summed E-state index contributed by atoms with van der Waals surface area (Å²) in [6, 6.07) is 12.9. The van der Waals surface area contributed by atoms with Crippen molar-refractivity contribution in [2.75, 3.05) is 0 Å². The maximum atomic E-state index is 16.6. The van der Waals surface area contributed by atoms with Crippen LogP contribution in [0, 0.1) is 12.7 Å². The monoisotopic (exact) mass is 556 g/mol. The maximum absolute atomic E-state index is 16.6. The van der Waals surface area contributed by atoms with E-state index in [1.807, 2.05) is 43.3 Å². The Morgan fingerprint density at radius 1 is 1.07 bits per heavy atom. The number of aromatic nitrogens is 4. The van der Waals surface area contributed by atoms with E-state index in [2.05, 4.69) is 20.6 Å². The number of nitrogens with one attached hydrogen (secondary N) is 1. The number of hydrogen-bond acceptors (Lipinski definition) is 6. The Morgan fingerprint density at radius 3 is 2.51 bits per heavy atom. The van der Waals surface area contributed by atoms with Crippen molar-refractivity contribution in [3.63, 3.8) is 0 Å². The van der Waals surface area contributed by atoms with E-state index >= 15 is 4.39 Å². The van der Waals surface area contributed by atoms with Crippen LogP contribution in [0.5, 0.6) is 0 Å². The Balaban J connectivity index is 1.53. The Kier molecular flexibility index (Phi) is 7.25. The zero-order valence-corrected chi connectivity index (χ0v) is 23.2. The first-order valence-corrected chi connectivity index (χ1v) is 14.3. The molecule has 1 saturated carbocycles. The Morgan fingerprint density at radius 2 is 1.83 bits per heavy atom. The van der Waals surface area contributed by atoms with Crippen molar-refractivity contribution in [2.45, 2.75) is 77.4 Å². The van der Waals surface area contributed by atoms with Crippen LogP contribution < -0.4 is 11.0 Å². The summed E-state index contributed by atoms with van der Waals surface area (Å²) in [6.07, 6.45) is 3.54. The molecule has 2 aromatic heterocycles. The number of halogens is 1. The van der Waals surface area contributed by atoms with Gasteiger partial charge in [0, 0.05) is 23.6 Å². The molecule has 0 atom stereocenters. The van der Waals surface area contributed by atoms with Gasteiger partial charge in [-0.3, -0.25) is 14.2 Å². The highest BCUT2D eigenvalue weighted by molar-refractivity contribution is 6.16. The quantitative estimate of drug-likeness (QED) is 0.353. The van der Waals surface area contributed by atoms with Crippen LogP contribution in [0.2, 0.25) is 0 Å². The van der Waals surface area contributed by atoms with Crippen LogP contribution in [0.4, 0.5) is 4.39 Å². The molecule has 6 rings (SSSR count). The van der Waals surface area contributed by atoms with E-state index < -0.39 is 5.82 Å². The molecule has 0 saturated heterocycles. The number of aliphatic hydroxyl groups is 1. The van der Waals surface area contributed by atoms with Gasteiger partial charge in [-0.1, -0.05) is 55.8 Å². The topological polar surface area (TPSA) is 114 Å². The molecule has 10 heteroatoms. The Labute approximate surface area is 236 Å².